The van der Waals surface area contributed by atoms with Crippen molar-refractivity contribution in [2.45, 2.75) is 37.1 Å². The monoisotopic (exact) mass is 503 g/mol. The van der Waals surface area contributed by atoms with Gasteiger partial charge >= 0.3 is 11.9 Å². The fourth-order valence-corrected chi connectivity index (χ4v) is 3.38. The lowest BCUT2D eigenvalue weighted by atomic mass is 9.98. The van der Waals surface area contributed by atoms with Crippen LogP contribution in [0.5, 0.6) is 0 Å². The van der Waals surface area contributed by atoms with Crippen LogP contribution in [0.3, 0.4) is 0 Å². The van der Waals surface area contributed by atoms with E-state index in [0.717, 1.165) is 0 Å². The van der Waals surface area contributed by atoms with E-state index >= 15 is 0 Å². The Bertz CT molecular complexity index is 991. The molecular weight excluding hydrogens is 474 g/mol. The fraction of sp³-hybridized carbons (Fsp3) is 0.333. The quantitative estimate of drug-likeness (QED) is 0.172. The summed E-state index contributed by atoms with van der Waals surface area (Å²) in [5.74, 6) is -3.33. The molecule has 0 aromatic heterocycles. The molecule has 0 radical (unpaired) electrons. The van der Waals surface area contributed by atoms with Gasteiger partial charge in [-0.15, -0.1) is 0 Å². The predicted molar refractivity (Wildman–Crippen MR) is 130 cm³/mol. The summed E-state index contributed by atoms with van der Waals surface area (Å²) in [6, 6.07) is 15.2. The van der Waals surface area contributed by atoms with Gasteiger partial charge in [0.1, 0.15) is 24.7 Å². The van der Waals surface area contributed by atoms with E-state index in [0.29, 0.717) is 11.1 Å². The van der Waals surface area contributed by atoms with Crippen molar-refractivity contribution < 1.29 is 34.1 Å². The molecule has 0 bridgehead atoms. The maximum atomic E-state index is 12.5. The van der Waals surface area contributed by atoms with Gasteiger partial charge in [-0.3, -0.25) is 19.2 Å². The lowest BCUT2D eigenvalue weighted by Gasteiger charge is -2.24. The summed E-state index contributed by atoms with van der Waals surface area (Å²) in [5.41, 5.74) is 6.49. The number of ether oxygens (including phenoxy) is 1. The van der Waals surface area contributed by atoms with Crippen LogP contribution in [0.25, 0.3) is 0 Å². The van der Waals surface area contributed by atoms with E-state index < -0.39 is 54.6 Å². The number of aliphatic carboxylic acids is 1. The minimum absolute atomic E-state index is 0.0586. The minimum atomic E-state index is -1.23. The number of hydrogen-bond acceptors (Lipinski definition) is 8. The highest BCUT2D eigenvalue weighted by Crippen LogP contribution is 2.32. The Labute approximate surface area is 208 Å². The van der Waals surface area contributed by atoms with Crippen LogP contribution in [-0.4, -0.2) is 58.3 Å². The van der Waals surface area contributed by atoms with E-state index in [2.05, 4.69) is 23.3 Å². The summed E-state index contributed by atoms with van der Waals surface area (Å²) < 4.78 is 5.51. The van der Waals surface area contributed by atoms with Crippen LogP contribution in [0.15, 0.2) is 60.7 Å². The number of carbonyl (C=O) groups is 4. The summed E-state index contributed by atoms with van der Waals surface area (Å²) in [6.07, 6.45) is -2.44. The largest absolute Gasteiger partial charge is 0.480 e. The molecule has 0 unspecified atom stereocenters. The summed E-state index contributed by atoms with van der Waals surface area (Å²) in [4.78, 5) is 47.7. The number of hydrogen-bond donors (Lipinski definition) is 6. The Balaban J connectivity index is 1.95. The Hall–Kier alpha value is -3.41. The van der Waals surface area contributed by atoms with Crippen molar-refractivity contribution in [2.24, 2.45) is 5.73 Å². The van der Waals surface area contributed by atoms with Crippen LogP contribution in [0.2, 0.25) is 0 Å². The van der Waals surface area contributed by atoms with Crippen molar-refractivity contribution in [2.75, 3.05) is 12.3 Å². The average Bonchev–Trinajstić information content (AvgIpc) is 2.88. The molecular formula is C24H29N3O7S. The molecule has 0 heterocycles. The van der Waals surface area contributed by atoms with Gasteiger partial charge in [0.15, 0.2) is 6.10 Å². The first kappa shape index (κ1) is 27.8. The molecule has 0 spiro atoms. The van der Waals surface area contributed by atoms with Crippen molar-refractivity contribution in [3.05, 3.63) is 71.8 Å². The zero-order chi connectivity index (χ0) is 25.8. The average molecular weight is 504 g/mol. The third-order valence-electron chi connectivity index (χ3n) is 5.06. The molecule has 2 rings (SSSR count). The molecule has 2 aromatic carbocycles. The van der Waals surface area contributed by atoms with E-state index in [1.54, 1.807) is 60.7 Å². The van der Waals surface area contributed by atoms with Gasteiger partial charge in [0.25, 0.3) is 0 Å². The second-order valence-electron chi connectivity index (χ2n) is 7.68. The molecule has 10 nitrogen and oxygen atoms in total. The lowest BCUT2D eigenvalue weighted by Crippen LogP contribution is -2.49. The van der Waals surface area contributed by atoms with Crippen molar-refractivity contribution >= 4 is 36.4 Å². The van der Waals surface area contributed by atoms with Crippen LogP contribution >= 0.6 is 12.6 Å². The molecule has 11 heteroatoms. The maximum Gasteiger partial charge on any atom is 0.326 e. The highest BCUT2D eigenvalue weighted by Gasteiger charge is 2.27. The van der Waals surface area contributed by atoms with E-state index in [9.17, 15) is 24.3 Å². The van der Waals surface area contributed by atoms with Crippen LogP contribution in [0, 0.1) is 0 Å². The highest BCUT2D eigenvalue weighted by molar-refractivity contribution is 7.80. The van der Waals surface area contributed by atoms with Crippen molar-refractivity contribution in [1.82, 2.24) is 10.6 Å². The van der Waals surface area contributed by atoms with Gasteiger partial charge in [0, 0.05) is 12.2 Å². The molecule has 0 saturated heterocycles. The third-order valence-corrected chi connectivity index (χ3v) is 5.42. The van der Waals surface area contributed by atoms with E-state index in [4.69, 9.17) is 15.6 Å². The van der Waals surface area contributed by atoms with Crippen LogP contribution in [-0.2, 0) is 23.9 Å². The molecule has 0 aliphatic rings. The molecule has 188 valence electrons. The molecule has 2 aromatic rings. The zero-order valence-corrected chi connectivity index (χ0v) is 19.8. The Kier molecular flexibility index (Phi) is 11.2. The van der Waals surface area contributed by atoms with Crippen LogP contribution in [0.4, 0.5) is 0 Å². The number of aliphatic hydroxyl groups is 1. The van der Waals surface area contributed by atoms with Gasteiger partial charge in [-0.25, -0.2) is 0 Å². The number of nitrogens with one attached hydrogen (secondary N) is 2. The molecule has 0 aliphatic heterocycles. The molecule has 0 aliphatic carbocycles. The highest BCUT2D eigenvalue weighted by atomic mass is 32.1. The predicted octanol–water partition coefficient (Wildman–Crippen LogP) is 0.727. The molecule has 0 fully saturated rings. The van der Waals surface area contributed by atoms with Gasteiger partial charge in [-0.05, 0) is 17.5 Å². The molecule has 4 atom stereocenters. The van der Waals surface area contributed by atoms with Gasteiger partial charge < -0.3 is 31.3 Å². The van der Waals surface area contributed by atoms with E-state index in [1.807, 2.05) is 0 Å². The maximum absolute atomic E-state index is 12.5. The normalized spacial score (nSPS) is 14.1. The summed E-state index contributed by atoms with van der Waals surface area (Å²) in [7, 11) is 0. The Morgan fingerprint density at radius 2 is 1.54 bits per heavy atom. The fourth-order valence-electron chi connectivity index (χ4n) is 3.12. The van der Waals surface area contributed by atoms with Crippen molar-refractivity contribution in [1.29, 1.82) is 0 Å². The lowest BCUT2D eigenvalue weighted by molar-refractivity contribution is -0.155. The number of esters is 1. The summed E-state index contributed by atoms with van der Waals surface area (Å²) in [5, 5.41) is 24.4. The second-order valence-corrected chi connectivity index (χ2v) is 8.05. The number of thiol groups is 1. The van der Waals surface area contributed by atoms with Crippen molar-refractivity contribution in [3.8, 4) is 0 Å². The SMILES string of the molecule is N[C@@H](CCC(=O)N[C@@H](CS)C(=O)NCC(=O)O[C@@H](c1ccccc1)[C@@H](O)c1ccccc1)C(=O)O. The number of carboxylic acids is 1. The molecule has 2 amide bonds. The number of rotatable bonds is 13. The van der Waals surface area contributed by atoms with Crippen molar-refractivity contribution in [3.63, 3.8) is 0 Å². The first-order valence-corrected chi connectivity index (χ1v) is 11.5. The number of benzene rings is 2. The summed E-state index contributed by atoms with van der Waals surface area (Å²) in [6.45, 7) is -0.506. The number of nitrogens with two attached hydrogens (primary N) is 1. The minimum Gasteiger partial charge on any atom is -0.480 e. The smallest absolute Gasteiger partial charge is 0.326 e. The van der Waals surface area contributed by atoms with E-state index in [1.165, 1.54) is 0 Å². The van der Waals surface area contributed by atoms with E-state index in [-0.39, 0.29) is 18.6 Å². The molecule has 35 heavy (non-hydrogen) atoms. The van der Waals surface area contributed by atoms with Gasteiger partial charge in [0.05, 0.1) is 0 Å². The molecule has 6 N–H and O–H groups in total. The molecule has 0 saturated carbocycles. The first-order valence-electron chi connectivity index (χ1n) is 10.9. The Morgan fingerprint density at radius 3 is 2.09 bits per heavy atom. The number of carboxylic acid groups (broad SMARTS) is 1. The van der Waals surface area contributed by atoms with Gasteiger partial charge in [0.2, 0.25) is 11.8 Å². The topological polar surface area (TPSA) is 168 Å². The van der Waals surface area contributed by atoms with Crippen LogP contribution in [0.1, 0.15) is 36.2 Å². The standard InChI is InChI=1S/C24H29N3O7S/c25-17(24(32)33)11-12-19(28)27-18(14-35)23(31)26-13-20(29)34-22(16-9-5-2-6-10-16)21(30)15-7-3-1-4-8-15/h1-10,17-18,21-22,30,35H,11-14,25H2,(H,26,31)(H,27,28)(H,32,33)/t17-,18-,21-,22-/m0/s1. The number of carbonyl (C=O) groups excluding carboxylic acids is 3. The number of aliphatic hydroxyl groups excluding tert-OH is 1. The van der Waals surface area contributed by atoms with Gasteiger partial charge in [-0.1, -0.05) is 60.7 Å². The summed E-state index contributed by atoms with van der Waals surface area (Å²) >= 11 is 4.04. The second kappa shape index (κ2) is 14.1. The van der Waals surface area contributed by atoms with Gasteiger partial charge in [-0.2, -0.15) is 12.6 Å². The number of amides is 2. The first-order chi connectivity index (χ1) is 16.7. The zero-order valence-electron chi connectivity index (χ0n) is 18.9. The third kappa shape index (κ3) is 9.04. The Morgan fingerprint density at radius 1 is 0.971 bits per heavy atom. The van der Waals surface area contributed by atoms with Crippen LogP contribution < -0.4 is 16.4 Å².